The SMILES string of the molecule is Cc1ccc(NC(=O)c2c(C)c(-c3ccccc3)nc3ccccc23)cc1S(=O)(=O)N(C)C. The summed E-state index contributed by atoms with van der Waals surface area (Å²) in [6.07, 6.45) is 0. The maximum absolute atomic E-state index is 13.5. The second kappa shape index (κ2) is 8.77. The third-order valence-electron chi connectivity index (χ3n) is 5.61. The van der Waals surface area contributed by atoms with Crippen LogP contribution in [0, 0.1) is 13.8 Å². The molecule has 168 valence electrons. The minimum Gasteiger partial charge on any atom is -0.322 e. The summed E-state index contributed by atoms with van der Waals surface area (Å²) in [5.74, 6) is -0.319. The summed E-state index contributed by atoms with van der Waals surface area (Å²) >= 11 is 0. The molecular weight excluding hydrogens is 434 g/mol. The number of nitrogens with one attached hydrogen (secondary N) is 1. The predicted octanol–water partition coefficient (Wildman–Crippen LogP) is 5.02. The van der Waals surface area contributed by atoms with E-state index >= 15 is 0 Å². The molecule has 1 amide bonds. The molecule has 1 aromatic heterocycles. The normalized spacial score (nSPS) is 11.7. The molecule has 0 saturated heterocycles. The number of benzene rings is 3. The van der Waals surface area contributed by atoms with E-state index < -0.39 is 10.0 Å². The van der Waals surface area contributed by atoms with Crippen molar-refractivity contribution in [3.8, 4) is 11.3 Å². The molecule has 0 radical (unpaired) electrons. The molecule has 0 atom stereocenters. The summed E-state index contributed by atoms with van der Waals surface area (Å²) in [4.78, 5) is 18.5. The smallest absolute Gasteiger partial charge is 0.256 e. The van der Waals surface area contributed by atoms with Gasteiger partial charge in [0, 0.05) is 30.7 Å². The van der Waals surface area contributed by atoms with E-state index in [1.165, 1.54) is 20.2 Å². The van der Waals surface area contributed by atoms with Crippen molar-refractivity contribution in [2.45, 2.75) is 18.7 Å². The van der Waals surface area contributed by atoms with Crippen LogP contribution in [-0.2, 0) is 10.0 Å². The first-order chi connectivity index (χ1) is 15.7. The van der Waals surface area contributed by atoms with Gasteiger partial charge in [-0.05, 0) is 43.2 Å². The maximum atomic E-state index is 13.5. The number of hydrogen-bond acceptors (Lipinski definition) is 4. The zero-order valence-electron chi connectivity index (χ0n) is 19.0. The fraction of sp³-hybridized carbons (Fsp3) is 0.154. The number of carbonyl (C=O) groups is 1. The van der Waals surface area contributed by atoms with Crippen LogP contribution < -0.4 is 5.32 Å². The van der Waals surface area contributed by atoms with Gasteiger partial charge < -0.3 is 5.32 Å². The molecule has 1 heterocycles. The standard InChI is InChI=1S/C26H25N3O3S/c1-17-14-15-20(16-23(17)33(31,32)29(3)4)27-26(30)24-18(2)25(19-10-6-5-7-11-19)28-22-13-9-8-12-21(22)24/h5-16H,1-4H3,(H,27,30). The van der Waals surface area contributed by atoms with Gasteiger partial charge in [0.15, 0.2) is 0 Å². The number of para-hydroxylation sites is 1. The maximum Gasteiger partial charge on any atom is 0.256 e. The fourth-order valence-corrected chi connectivity index (χ4v) is 4.97. The van der Waals surface area contributed by atoms with Crippen LogP contribution in [0.2, 0.25) is 0 Å². The van der Waals surface area contributed by atoms with Crippen molar-refractivity contribution in [1.29, 1.82) is 0 Å². The summed E-state index contributed by atoms with van der Waals surface area (Å²) in [5, 5.41) is 3.64. The minimum atomic E-state index is -3.64. The molecule has 0 unspecified atom stereocenters. The number of carbonyl (C=O) groups excluding carboxylic acids is 1. The Labute approximate surface area is 194 Å². The zero-order chi connectivity index (χ0) is 23.8. The van der Waals surface area contributed by atoms with E-state index in [2.05, 4.69) is 5.32 Å². The summed E-state index contributed by atoms with van der Waals surface area (Å²) in [5.41, 5.74) is 4.66. The molecule has 4 rings (SSSR count). The van der Waals surface area contributed by atoms with E-state index in [-0.39, 0.29) is 10.8 Å². The number of hydrogen-bond donors (Lipinski definition) is 1. The van der Waals surface area contributed by atoms with Crippen molar-refractivity contribution in [3.63, 3.8) is 0 Å². The van der Waals surface area contributed by atoms with E-state index in [1.54, 1.807) is 19.1 Å². The Kier molecular flexibility index (Phi) is 6.01. The number of rotatable bonds is 5. The zero-order valence-corrected chi connectivity index (χ0v) is 19.8. The number of aromatic nitrogens is 1. The second-order valence-electron chi connectivity index (χ2n) is 8.07. The van der Waals surface area contributed by atoms with Crippen LogP contribution in [0.3, 0.4) is 0 Å². The quantitative estimate of drug-likeness (QED) is 0.454. The molecule has 7 heteroatoms. The lowest BCUT2D eigenvalue weighted by Crippen LogP contribution is -2.23. The lowest BCUT2D eigenvalue weighted by molar-refractivity contribution is 0.102. The van der Waals surface area contributed by atoms with Gasteiger partial charge >= 0.3 is 0 Å². The van der Waals surface area contributed by atoms with E-state index in [9.17, 15) is 13.2 Å². The second-order valence-corrected chi connectivity index (χ2v) is 10.2. The Morgan fingerprint density at radius 3 is 2.27 bits per heavy atom. The van der Waals surface area contributed by atoms with Crippen LogP contribution in [-0.4, -0.2) is 37.7 Å². The van der Waals surface area contributed by atoms with Crippen LogP contribution in [0.5, 0.6) is 0 Å². The van der Waals surface area contributed by atoms with E-state index in [1.807, 2.05) is 61.5 Å². The fourth-order valence-electron chi connectivity index (χ4n) is 3.82. The van der Waals surface area contributed by atoms with Gasteiger partial charge in [0.1, 0.15) is 0 Å². The molecule has 0 bridgehead atoms. The third kappa shape index (κ3) is 4.25. The molecule has 1 N–H and O–H groups in total. The summed E-state index contributed by atoms with van der Waals surface area (Å²) in [6.45, 7) is 3.61. The lowest BCUT2D eigenvalue weighted by Gasteiger charge is -2.17. The third-order valence-corrected chi connectivity index (χ3v) is 7.57. The molecule has 0 aliphatic rings. The highest BCUT2D eigenvalue weighted by Crippen LogP contribution is 2.30. The van der Waals surface area contributed by atoms with Gasteiger partial charge in [0.05, 0.1) is 21.7 Å². The van der Waals surface area contributed by atoms with Gasteiger partial charge in [-0.2, -0.15) is 0 Å². The van der Waals surface area contributed by atoms with Gasteiger partial charge in [0.25, 0.3) is 5.91 Å². The molecule has 0 spiro atoms. The number of aryl methyl sites for hydroxylation is 1. The van der Waals surface area contributed by atoms with Crippen LogP contribution >= 0.6 is 0 Å². The lowest BCUT2D eigenvalue weighted by atomic mass is 9.97. The van der Waals surface area contributed by atoms with Crippen molar-refractivity contribution in [2.75, 3.05) is 19.4 Å². The predicted molar refractivity (Wildman–Crippen MR) is 132 cm³/mol. The van der Waals surface area contributed by atoms with Gasteiger partial charge in [-0.25, -0.2) is 17.7 Å². The molecule has 0 aliphatic carbocycles. The van der Waals surface area contributed by atoms with E-state index in [0.717, 1.165) is 26.5 Å². The Bertz CT molecular complexity index is 1460. The van der Waals surface area contributed by atoms with E-state index in [4.69, 9.17) is 4.98 Å². The number of nitrogens with zero attached hydrogens (tertiary/aromatic N) is 2. The van der Waals surface area contributed by atoms with Gasteiger partial charge in [-0.15, -0.1) is 0 Å². The molecule has 0 fully saturated rings. The monoisotopic (exact) mass is 459 g/mol. The number of sulfonamides is 1. The Morgan fingerprint density at radius 2 is 1.58 bits per heavy atom. The van der Waals surface area contributed by atoms with E-state index in [0.29, 0.717) is 22.3 Å². The number of fused-ring (bicyclic) bond motifs is 1. The average Bonchev–Trinajstić information content (AvgIpc) is 2.80. The number of pyridine rings is 1. The highest BCUT2D eigenvalue weighted by atomic mass is 32.2. The van der Waals surface area contributed by atoms with Crippen LogP contribution in [0.4, 0.5) is 5.69 Å². The molecule has 4 aromatic rings. The molecule has 3 aromatic carbocycles. The van der Waals surface area contributed by atoms with Gasteiger partial charge in [0.2, 0.25) is 10.0 Å². The van der Waals surface area contributed by atoms with Crippen molar-refractivity contribution in [1.82, 2.24) is 9.29 Å². The van der Waals surface area contributed by atoms with Crippen LogP contribution in [0.25, 0.3) is 22.2 Å². The van der Waals surface area contributed by atoms with Crippen molar-refractivity contribution in [2.24, 2.45) is 0 Å². The highest BCUT2D eigenvalue weighted by molar-refractivity contribution is 7.89. The Hall–Kier alpha value is -3.55. The molecular formula is C26H25N3O3S. The number of anilines is 1. The summed E-state index contributed by atoms with van der Waals surface area (Å²) in [6, 6.07) is 22.1. The van der Waals surface area contributed by atoms with Gasteiger partial charge in [-0.3, -0.25) is 4.79 Å². The molecule has 33 heavy (non-hydrogen) atoms. The first-order valence-electron chi connectivity index (χ1n) is 10.5. The molecule has 6 nitrogen and oxygen atoms in total. The van der Waals surface area contributed by atoms with Crippen LogP contribution in [0.1, 0.15) is 21.5 Å². The van der Waals surface area contributed by atoms with Gasteiger partial charge in [-0.1, -0.05) is 54.6 Å². The Balaban J connectivity index is 1.82. The average molecular weight is 460 g/mol. The first kappa shape index (κ1) is 22.6. The van der Waals surface area contributed by atoms with Crippen LogP contribution in [0.15, 0.2) is 77.7 Å². The summed E-state index contributed by atoms with van der Waals surface area (Å²) in [7, 11) is -0.677. The van der Waals surface area contributed by atoms with Crippen molar-refractivity contribution >= 4 is 32.5 Å². The largest absolute Gasteiger partial charge is 0.322 e. The summed E-state index contributed by atoms with van der Waals surface area (Å²) < 4.78 is 26.6. The van der Waals surface area contributed by atoms with Crippen molar-refractivity contribution < 1.29 is 13.2 Å². The highest BCUT2D eigenvalue weighted by Gasteiger charge is 2.22. The number of amides is 1. The molecule has 0 saturated carbocycles. The Morgan fingerprint density at radius 1 is 0.909 bits per heavy atom. The van der Waals surface area contributed by atoms with Crippen molar-refractivity contribution in [3.05, 3.63) is 89.5 Å². The minimum absolute atomic E-state index is 0.159. The first-order valence-corrected chi connectivity index (χ1v) is 11.9. The molecule has 0 aliphatic heterocycles. The topological polar surface area (TPSA) is 79.4 Å².